The summed E-state index contributed by atoms with van der Waals surface area (Å²) in [6.07, 6.45) is 0. The van der Waals surface area contributed by atoms with Crippen LogP contribution in [0, 0.1) is 0 Å². The molecule has 0 bridgehead atoms. The Balaban J connectivity index is 1.03. The van der Waals surface area contributed by atoms with Crippen molar-refractivity contribution >= 4 is 90.9 Å². The minimum absolute atomic E-state index is 1.10. The van der Waals surface area contributed by atoms with Crippen LogP contribution in [0.2, 0.25) is 0 Å². The van der Waals surface area contributed by atoms with E-state index in [1.165, 1.54) is 95.6 Å². The Kier molecular flexibility index (Phi) is 8.62. The maximum absolute atomic E-state index is 2.45. The molecule has 12 rings (SSSR count). The van der Waals surface area contributed by atoms with Gasteiger partial charge in [-0.25, -0.2) is 0 Å². The number of hydrogen-bond donors (Lipinski definition) is 0. The van der Waals surface area contributed by atoms with Crippen LogP contribution in [0.3, 0.4) is 0 Å². The molecule has 0 N–H and O–H groups in total. The number of thiophene rings is 2. The fourth-order valence-corrected chi connectivity index (χ4v) is 11.6. The molecule has 0 unspecified atom stereocenters. The van der Waals surface area contributed by atoms with E-state index in [1.807, 2.05) is 22.7 Å². The number of rotatable bonds is 7. The van der Waals surface area contributed by atoms with E-state index in [-0.39, 0.29) is 0 Å². The summed E-state index contributed by atoms with van der Waals surface area (Å²) in [5, 5.41) is 7.73. The second kappa shape index (κ2) is 14.8. The molecule has 3 heteroatoms. The van der Waals surface area contributed by atoms with Crippen molar-refractivity contribution in [2.24, 2.45) is 0 Å². The molecule has 2 heterocycles. The molecule has 0 saturated heterocycles. The van der Waals surface area contributed by atoms with Gasteiger partial charge in [-0.1, -0.05) is 164 Å². The minimum Gasteiger partial charge on any atom is -0.310 e. The number of anilines is 3. The smallest absolute Gasteiger partial charge is 0.0540 e. The average molecular weight is 812 g/mol. The zero-order chi connectivity index (χ0) is 40.3. The van der Waals surface area contributed by atoms with Gasteiger partial charge in [-0.05, 0) is 110 Å². The molecule has 61 heavy (non-hydrogen) atoms. The SMILES string of the molecule is c1cc(-c2cccc(N(c3cccc(-c4cccc5sc6ccccc6c45)c3)c3ccccc3-c3ccc4ccccc4c3)c2)cc(-c2cccc3c2sc2ccccc23)c1. The van der Waals surface area contributed by atoms with Crippen LogP contribution in [-0.2, 0) is 0 Å². The highest BCUT2D eigenvalue weighted by molar-refractivity contribution is 7.26. The van der Waals surface area contributed by atoms with E-state index in [4.69, 9.17) is 0 Å². The molecular weight excluding hydrogens is 775 g/mol. The number of para-hydroxylation sites is 1. The summed E-state index contributed by atoms with van der Waals surface area (Å²) in [4.78, 5) is 2.45. The van der Waals surface area contributed by atoms with Crippen LogP contribution >= 0.6 is 22.7 Å². The molecule has 0 radical (unpaired) electrons. The van der Waals surface area contributed by atoms with Crippen LogP contribution in [0.25, 0.3) is 95.6 Å². The third-order valence-corrected chi connectivity index (χ3v) is 14.4. The monoisotopic (exact) mass is 811 g/mol. The number of fused-ring (bicyclic) bond motifs is 7. The fourth-order valence-electron chi connectivity index (χ4n) is 9.19. The lowest BCUT2D eigenvalue weighted by Crippen LogP contribution is -2.11. The first kappa shape index (κ1) is 35.6. The highest BCUT2D eigenvalue weighted by Crippen LogP contribution is 2.46. The Bertz CT molecular complexity index is 3630. The largest absolute Gasteiger partial charge is 0.310 e. The molecule has 0 fully saturated rings. The lowest BCUT2D eigenvalue weighted by atomic mass is 9.96. The second-order valence-electron chi connectivity index (χ2n) is 15.7. The van der Waals surface area contributed by atoms with Gasteiger partial charge in [-0.15, -0.1) is 22.7 Å². The van der Waals surface area contributed by atoms with Gasteiger partial charge in [0.2, 0.25) is 0 Å². The van der Waals surface area contributed by atoms with Gasteiger partial charge < -0.3 is 4.90 Å². The predicted octanol–water partition coefficient (Wildman–Crippen LogP) is 17.7. The molecule has 1 nitrogen and oxygen atoms in total. The van der Waals surface area contributed by atoms with E-state index in [0.717, 1.165) is 17.1 Å². The van der Waals surface area contributed by atoms with Crippen molar-refractivity contribution in [3.8, 4) is 44.5 Å². The van der Waals surface area contributed by atoms with Crippen molar-refractivity contribution in [2.45, 2.75) is 0 Å². The summed E-state index contributed by atoms with van der Waals surface area (Å²) in [5.41, 5.74) is 13.0. The zero-order valence-electron chi connectivity index (χ0n) is 33.1. The van der Waals surface area contributed by atoms with Gasteiger partial charge in [0.05, 0.1) is 5.69 Å². The summed E-state index contributed by atoms with van der Waals surface area (Å²) < 4.78 is 5.27. The van der Waals surface area contributed by atoms with Crippen molar-refractivity contribution in [3.05, 3.63) is 224 Å². The Morgan fingerprint density at radius 3 is 1.69 bits per heavy atom. The van der Waals surface area contributed by atoms with Crippen LogP contribution in [0.4, 0.5) is 17.1 Å². The van der Waals surface area contributed by atoms with Gasteiger partial charge in [-0.3, -0.25) is 0 Å². The summed E-state index contributed by atoms with van der Waals surface area (Å²) >= 11 is 3.75. The molecule has 12 aromatic rings. The predicted molar refractivity (Wildman–Crippen MR) is 266 cm³/mol. The van der Waals surface area contributed by atoms with Crippen molar-refractivity contribution in [2.75, 3.05) is 4.90 Å². The molecule has 286 valence electrons. The molecule has 0 aliphatic heterocycles. The first-order valence-electron chi connectivity index (χ1n) is 20.7. The topological polar surface area (TPSA) is 3.24 Å². The molecule has 2 aromatic heterocycles. The Hall–Kier alpha value is -7.30. The van der Waals surface area contributed by atoms with Gasteiger partial charge in [0, 0.05) is 57.3 Å². The molecule has 0 atom stereocenters. The first-order valence-corrected chi connectivity index (χ1v) is 22.4. The summed E-state index contributed by atoms with van der Waals surface area (Å²) in [7, 11) is 0. The van der Waals surface area contributed by atoms with Crippen LogP contribution in [-0.4, -0.2) is 0 Å². The van der Waals surface area contributed by atoms with Crippen LogP contribution in [0.1, 0.15) is 0 Å². The maximum atomic E-state index is 2.45. The highest BCUT2D eigenvalue weighted by atomic mass is 32.1. The lowest BCUT2D eigenvalue weighted by molar-refractivity contribution is 1.28. The maximum Gasteiger partial charge on any atom is 0.0540 e. The van der Waals surface area contributed by atoms with Crippen molar-refractivity contribution in [3.63, 3.8) is 0 Å². The summed E-state index contributed by atoms with van der Waals surface area (Å²) in [6, 6.07) is 82.5. The number of hydrogen-bond acceptors (Lipinski definition) is 3. The summed E-state index contributed by atoms with van der Waals surface area (Å²) in [6.45, 7) is 0. The number of benzene rings is 10. The van der Waals surface area contributed by atoms with E-state index in [1.54, 1.807) is 0 Å². The molecule has 10 aromatic carbocycles. The van der Waals surface area contributed by atoms with Crippen LogP contribution in [0.15, 0.2) is 224 Å². The normalized spacial score (nSPS) is 11.6. The average Bonchev–Trinajstić information content (AvgIpc) is 3.91. The fraction of sp³-hybridized carbons (Fsp3) is 0. The Morgan fingerprint density at radius 2 is 0.836 bits per heavy atom. The molecular formula is C58H37NS2. The van der Waals surface area contributed by atoms with Crippen LogP contribution in [0.5, 0.6) is 0 Å². The van der Waals surface area contributed by atoms with E-state index >= 15 is 0 Å². The first-order chi connectivity index (χ1) is 30.2. The van der Waals surface area contributed by atoms with Crippen molar-refractivity contribution in [1.82, 2.24) is 0 Å². The Morgan fingerprint density at radius 1 is 0.295 bits per heavy atom. The van der Waals surface area contributed by atoms with E-state index < -0.39 is 0 Å². The van der Waals surface area contributed by atoms with Gasteiger partial charge in [0.1, 0.15) is 0 Å². The van der Waals surface area contributed by atoms with Crippen molar-refractivity contribution < 1.29 is 0 Å². The molecule has 0 saturated carbocycles. The third kappa shape index (κ3) is 6.21. The molecule has 0 spiro atoms. The standard InChI is InChI=1S/C58H37NS2/c1-2-15-39-34-44(33-32-38(39)14-1)47-22-3-6-28-53(47)59(46-21-11-19-43(37-46)48-25-13-31-56-57(48)52-24-5-8-30-55(52)60-56)45-20-10-17-41(36-45)40-16-9-18-42(35-40)49-26-12-27-51-50-23-4-7-29-54(50)61-58(49)51/h1-37H. The lowest BCUT2D eigenvalue weighted by Gasteiger charge is -2.29. The molecule has 0 amide bonds. The number of nitrogens with zero attached hydrogens (tertiary/aromatic N) is 1. The van der Waals surface area contributed by atoms with Gasteiger partial charge in [0.25, 0.3) is 0 Å². The molecule has 0 aliphatic rings. The third-order valence-electron chi connectivity index (χ3n) is 12.0. The van der Waals surface area contributed by atoms with Gasteiger partial charge in [-0.2, -0.15) is 0 Å². The Labute approximate surface area is 362 Å². The van der Waals surface area contributed by atoms with Gasteiger partial charge in [0.15, 0.2) is 0 Å². The van der Waals surface area contributed by atoms with Crippen LogP contribution < -0.4 is 4.90 Å². The highest BCUT2D eigenvalue weighted by Gasteiger charge is 2.20. The van der Waals surface area contributed by atoms with Crippen molar-refractivity contribution in [1.29, 1.82) is 0 Å². The quantitative estimate of drug-likeness (QED) is 0.155. The van der Waals surface area contributed by atoms with E-state index in [0.29, 0.717) is 0 Å². The molecule has 0 aliphatic carbocycles. The van der Waals surface area contributed by atoms with E-state index in [2.05, 4.69) is 229 Å². The zero-order valence-corrected chi connectivity index (χ0v) is 34.8. The summed E-state index contributed by atoms with van der Waals surface area (Å²) in [5.74, 6) is 0. The minimum atomic E-state index is 1.10. The second-order valence-corrected chi connectivity index (χ2v) is 17.8. The van der Waals surface area contributed by atoms with E-state index in [9.17, 15) is 0 Å². The van der Waals surface area contributed by atoms with Gasteiger partial charge >= 0.3 is 0 Å².